The van der Waals surface area contributed by atoms with E-state index in [4.69, 9.17) is 0 Å². The van der Waals surface area contributed by atoms with Gasteiger partial charge in [0.1, 0.15) is 5.37 Å². The first kappa shape index (κ1) is 12.3. The molecule has 16 heavy (non-hydrogen) atoms. The van der Waals surface area contributed by atoms with Gasteiger partial charge in [0.05, 0.1) is 11.4 Å². The highest BCUT2D eigenvalue weighted by atomic mass is 32.2. The standard InChI is InChI=1S/C10H20N2O3S/c13-10(4-2-5-11-7-10)8-12-9-3-1-6-16(9,14)15/h9,11-13H,1-8H2. The van der Waals surface area contributed by atoms with Crippen LogP contribution in [-0.2, 0) is 9.84 Å². The second kappa shape index (κ2) is 4.60. The van der Waals surface area contributed by atoms with E-state index in [2.05, 4.69) is 10.6 Å². The predicted molar refractivity (Wildman–Crippen MR) is 61.9 cm³/mol. The number of β-amino-alcohol motifs (C(OH)–C–C–N with tert-alkyl or cyclic N) is 1. The zero-order valence-corrected chi connectivity index (χ0v) is 10.2. The lowest BCUT2D eigenvalue weighted by atomic mass is 9.94. The number of hydrogen-bond donors (Lipinski definition) is 3. The maximum absolute atomic E-state index is 11.6. The van der Waals surface area contributed by atoms with Crippen molar-refractivity contribution < 1.29 is 13.5 Å². The van der Waals surface area contributed by atoms with Crippen LogP contribution in [0.2, 0.25) is 0 Å². The molecule has 0 aliphatic carbocycles. The van der Waals surface area contributed by atoms with Gasteiger partial charge < -0.3 is 10.4 Å². The van der Waals surface area contributed by atoms with Crippen LogP contribution in [0.15, 0.2) is 0 Å². The lowest BCUT2D eigenvalue weighted by Gasteiger charge is -2.33. The normalized spacial score (nSPS) is 38.7. The van der Waals surface area contributed by atoms with Crippen molar-refractivity contribution in [1.82, 2.24) is 10.6 Å². The van der Waals surface area contributed by atoms with Crippen LogP contribution in [0.25, 0.3) is 0 Å². The van der Waals surface area contributed by atoms with Gasteiger partial charge in [-0.15, -0.1) is 0 Å². The average molecular weight is 248 g/mol. The van der Waals surface area contributed by atoms with Gasteiger partial charge in [-0.2, -0.15) is 0 Å². The molecule has 0 bridgehead atoms. The molecule has 0 saturated carbocycles. The fraction of sp³-hybridized carbons (Fsp3) is 1.00. The predicted octanol–water partition coefficient (Wildman–Crippen LogP) is -0.775. The van der Waals surface area contributed by atoms with Crippen LogP contribution < -0.4 is 10.6 Å². The van der Waals surface area contributed by atoms with Gasteiger partial charge in [-0.1, -0.05) is 0 Å². The van der Waals surface area contributed by atoms with Gasteiger partial charge in [-0.3, -0.25) is 5.32 Å². The van der Waals surface area contributed by atoms with Crippen molar-refractivity contribution in [2.24, 2.45) is 0 Å². The van der Waals surface area contributed by atoms with Gasteiger partial charge in [0, 0.05) is 13.1 Å². The number of piperidine rings is 1. The van der Waals surface area contributed by atoms with Crippen LogP contribution in [0.1, 0.15) is 25.7 Å². The summed E-state index contributed by atoms with van der Waals surface area (Å²) >= 11 is 0. The number of hydrogen-bond acceptors (Lipinski definition) is 5. The molecule has 2 atom stereocenters. The van der Waals surface area contributed by atoms with Crippen molar-refractivity contribution in [2.45, 2.75) is 36.7 Å². The van der Waals surface area contributed by atoms with Crippen molar-refractivity contribution in [3.63, 3.8) is 0 Å². The first-order valence-corrected chi connectivity index (χ1v) is 7.61. The van der Waals surface area contributed by atoms with Crippen LogP contribution >= 0.6 is 0 Å². The van der Waals surface area contributed by atoms with Gasteiger partial charge >= 0.3 is 0 Å². The Morgan fingerprint density at radius 1 is 1.44 bits per heavy atom. The molecule has 5 nitrogen and oxygen atoms in total. The SMILES string of the molecule is O=S1(=O)CCCC1NCC1(O)CCCNC1. The molecule has 2 saturated heterocycles. The molecule has 2 rings (SSSR count). The Morgan fingerprint density at radius 3 is 2.81 bits per heavy atom. The fourth-order valence-electron chi connectivity index (χ4n) is 2.43. The lowest BCUT2D eigenvalue weighted by molar-refractivity contribution is 0.0165. The van der Waals surface area contributed by atoms with E-state index in [9.17, 15) is 13.5 Å². The summed E-state index contributed by atoms with van der Waals surface area (Å²) in [5.41, 5.74) is -0.781. The van der Waals surface area contributed by atoms with E-state index in [0.717, 1.165) is 25.8 Å². The number of rotatable bonds is 3. The molecule has 0 aromatic carbocycles. The Bertz CT molecular complexity index is 336. The zero-order chi connectivity index (χ0) is 11.6. The molecule has 2 aliphatic rings. The van der Waals surface area contributed by atoms with E-state index in [1.54, 1.807) is 0 Å². The third-order valence-electron chi connectivity index (χ3n) is 3.44. The van der Waals surface area contributed by atoms with E-state index in [1.807, 2.05) is 0 Å². The fourth-order valence-corrected chi connectivity index (χ4v) is 4.14. The van der Waals surface area contributed by atoms with Crippen LogP contribution in [-0.4, -0.2) is 49.9 Å². The molecule has 0 aromatic rings. The molecule has 2 unspecified atom stereocenters. The van der Waals surface area contributed by atoms with E-state index >= 15 is 0 Å². The highest BCUT2D eigenvalue weighted by Crippen LogP contribution is 2.20. The summed E-state index contributed by atoms with van der Waals surface area (Å²) in [5.74, 6) is 0.279. The molecule has 2 fully saturated rings. The number of sulfone groups is 1. The molecular weight excluding hydrogens is 228 g/mol. The Kier molecular flexibility index (Phi) is 3.53. The maximum Gasteiger partial charge on any atom is 0.166 e. The molecule has 0 spiro atoms. The van der Waals surface area contributed by atoms with E-state index in [-0.39, 0.29) is 5.75 Å². The van der Waals surface area contributed by atoms with Crippen LogP contribution in [0.4, 0.5) is 0 Å². The van der Waals surface area contributed by atoms with Gasteiger partial charge in [-0.05, 0) is 32.2 Å². The molecule has 0 radical (unpaired) electrons. The van der Waals surface area contributed by atoms with Crippen LogP contribution in [0.3, 0.4) is 0 Å². The Hall–Kier alpha value is -0.170. The third kappa shape index (κ3) is 2.74. The van der Waals surface area contributed by atoms with Crippen LogP contribution in [0.5, 0.6) is 0 Å². The highest BCUT2D eigenvalue weighted by molar-refractivity contribution is 7.92. The van der Waals surface area contributed by atoms with Gasteiger partial charge in [0.25, 0.3) is 0 Å². The Labute approximate surface area is 96.5 Å². The van der Waals surface area contributed by atoms with Crippen molar-refractivity contribution in [3.8, 4) is 0 Å². The summed E-state index contributed by atoms with van der Waals surface area (Å²) in [6, 6.07) is 0. The Morgan fingerprint density at radius 2 is 2.25 bits per heavy atom. The maximum atomic E-state index is 11.6. The summed E-state index contributed by atoms with van der Waals surface area (Å²) in [6.45, 7) is 1.85. The van der Waals surface area contributed by atoms with Crippen molar-refractivity contribution in [2.75, 3.05) is 25.4 Å². The summed E-state index contributed by atoms with van der Waals surface area (Å²) in [5, 5.41) is 15.9. The number of nitrogens with one attached hydrogen (secondary N) is 2. The van der Waals surface area contributed by atoms with E-state index in [0.29, 0.717) is 19.5 Å². The first-order valence-electron chi connectivity index (χ1n) is 5.90. The highest BCUT2D eigenvalue weighted by Gasteiger charge is 2.35. The van der Waals surface area contributed by atoms with E-state index < -0.39 is 20.8 Å². The zero-order valence-electron chi connectivity index (χ0n) is 9.41. The molecule has 6 heteroatoms. The van der Waals surface area contributed by atoms with Gasteiger partial charge in [0.2, 0.25) is 0 Å². The number of aliphatic hydroxyl groups is 1. The second-order valence-electron chi connectivity index (χ2n) is 4.88. The smallest absolute Gasteiger partial charge is 0.166 e. The average Bonchev–Trinajstić information content (AvgIpc) is 2.56. The summed E-state index contributed by atoms with van der Waals surface area (Å²) in [6.07, 6.45) is 3.08. The lowest BCUT2D eigenvalue weighted by Crippen LogP contribution is -2.54. The van der Waals surface area contributed by atoms with Crippen molar-refractivity contribution in [1.29, 1.82) is 0 Å². The third-order valence-corrected chi connectivity index (χ3v) is 5.56. The molecule has 94 valence electrons. The molecule has 0 amide bonds. The Balaban J connectivity index is 1.87. The topological polar surface area (TPSA) is 78.4 Å². The quantitative estimate of drug-likeness (QED) is 0.611. The summed E-state index contributed by atoms with van der Waals surface area (Å²) < 4.78 is 23.2. The largest absolute Gasteiger partial charge is 0.387 e. The second-order valence-corrected chi connectivity index (χ2v) is 7.19. The van der Waals surface area contributed by atoms with Gasteiger partial charge in [-0.25, -0.2) is 8.42 Å². The van der Waals surface area contributed by atoms with Crippen LogP contribution in [0, 0.1) is 0 Å². The molecular formula is C10H20N2O3S. The van der Waals surface area contributed by atoms with Crippen molar-refractivity contribution in [3.05, 3.63) is 0 Å². The summed E-state index contributed by atoms with van der Waals surface area (Å²) in [4.78, 5) is 0. The minimum absolute atomic E-state index is 0.279. The summed E-state index contributed by atoms with van der Waals surface area (Å²) in [7, 11) is -2.96. The monoisotopic (exact) mass is 248 g/mol. The molecule has 2 aliphatic heterocycles. The molecule has 3 N–H and O–H groups in total. The molecule has 0 aromatic heterocycles. The van der Waals surface area contributed by atoms with Gasteiger partial charge in [0.15, 0.2) is 9.84 Å². The minimum Gasteiger partial charge on any atom is -0.387 e. The van der Waals surface area contributed by atoms with Crippen molar-refractivity contribution >= 4 is 9.84 Å². The van der Waals surface area contributed by atoms with E-state index in [1.165, 1.54) is 0 Å². The molecule has 2 heterocycles. The first-order chi connectivity index (χ1) is 7.52. The minimum atomic E-state index is -2.96.